The van der Waals surface area contributed by atoms with Gasteiger partial charge in [0.2, 0.25) is 16.9 Å². The molecule has 1 aliphatic heterocycles. The molecule has 1 atom stereocenters. The molecular formula is C20H19N5O2S. The first kappa shape index (κ1) is 18.2. The maximum atomic E-state index is 12.6. The minimum atomic E-state index is -0.370. The van der Waals surface area contributed by atoms with Gasteiger partial charge in [-0.1, -0.05) is 47.7 Å². The van der Waals surface area contributed by atoms with Gasteiger partial charge in [-0.05, 0) is 24.1 Å². The second-order valence-electron chi connectivity index (χ2n) is 6.59. The van der Waals surface area contributed by atoms with Crippen LogP contribution in [0, 0.1) is 5.92 Å². The lowest BCUT2D eigenvalue weighted by atomic mass is 10.1. The molecule has 0 radical (unpaired) electrons. The van der Waals surface area contributed by atoms with Crippen molar-refractivity contribution < 1.29 is 9.59 Å². The van der Waals surface area contributed by atoms with E-state index in [1.54, 1.807) is 11.1 Å². The van der Waals surface area contributed by atoms with Crippen LogP contribution in [0.5, 0.6) is 0 Å². The van der Waals surface area contributed by atoms with E-state index in [1.165, 1.54) is 16.9 Å². The van der Waals surface area contributed by atoms with Crippen molar-refractivity contribution in [1.29, 1.82) is 0 Å². The fourth-order valence-electron chi connectivity index (χ4n) is 3.15. The molecule has 8 heteroatoms. The molecule has 1 N–H and O–H groups in total. The second-order valence-corrected chi connectivity index (χ2v) is 7.57. The molecule has 0 aliphatic carbocycles. The summed E-state index contributed by atoms with van der Waals surface area (Å²) in [7, 11) is 0. The standard InChI is InChI=1S/C20H19N5O2S/c26-17-12-15(13-25(17)11-9-14-6-2-1-3-7-14)18(27)22-20-24-23-19(28-20)16-8-4-5-10-21-16/h1-8,10,15H,9,11-13H2,(H,22,24,27). The predicted octanol–water partition coefficient (Wildman–Crippen LogP) is 2.63. The number of rotatable bonds is 6. The van der Waals surface area contributed by atoms with Gasteiger partial charge >= 0.3 is 0 Å². The molecule has 1 unspecified atom stereocenters. The number of nitrogens with zero attached hydrogens (tertiary/aromatic N) is 4. The van der Waals surface area contributed by atoms with Crippen LogP contribution in [0.15, 0.2) is 54.7 Å². The Hall–Kier alpha value is -3.13. The Morgan fingerprint density at radius 3 is 2.75 bits per heavy atom. The fraction of sp³-hybridized carbons (Fsp3) is 0.250. The molecule has 1 saturated heterocycles. The molecular weight excluding hydrogens is 374 g/mol. The lowest BCUT2D eigenvalue weighted by molar-refractivity contribution is -0.128. The minimum Gasteiger partial charge on any atom is -0.342 e. The smallest absolute Gasteiger partial charge is 0.231 e. The summed E-state index contributed by atoms with van der Waals surface area (Å²) in [5, 5.41) is 11.9. The quantitative estimate of drug-likeness (QED) is 0.696. The Labute approximate surface area is 166 Å². The summed E-state index contributed by atoms with van der Waals surface area (Å²) in [5.41, 5.74) is 1.89. The third-order valence-corrected chi connectivity index (χ3v) is 5.50. The second kappa shape index (κ2) is 8.26. The molecule has 1 aliphatic rings. The van der Waals surface area contributed by atoms with Gasteiger partial charge < -0.3 is 10.2 Å². The van der Waals surface area contributed by atoms with Gasteiger partial charge in [0.25, 0.3) is 0 Å². The maximum absolute atomic E-state index is 12.6. The maximum Gasteiger partial charge on any atom is 0.231 e. The Bertz CT molecular complexity index is 961. The van der Waals surface area contributed by atoms with Crippen LogP contribution in [0.2, 0.25) is 0 Å². The first-order valence-corrected chi connectivity index (χ1v) is 9.88. The zero-order valence-corrected chi connectivity index (χ0v) is 15.9. The zero-order valence-electron chi connectivity index (χ0n) is 15.1. The number of likely N-dealkylation sites (tertiary alicyclic amines) is 1. The molecule has 28 heavy (non-hydrogen) atoms. The summed E-state index contributed by atoms with van der Waals surface area (Å²) >= 11 is 1.27. The Balaban J connectivity index is 1.33. The molecule has 3 aromatic rings. The van der Waals surface area contributed by atoms with Crippen molar-refractivity contribution in [3.8, 4) is 10.7 Å². The highest BCUT2D eigenvalue weighted by Gasteiger charge is 2.34. The topological polar surface area (TPSA) is 88.1 Å². The highest BCUT2D eigenvalue weighted by molar-refractivity contribution is 7.18. The van der Waals surface area contributed by atoms with E-state index in [0.717, 1.165) is 6.42 Å². The number of aromatic nitrogens is 3. The van der Waals surface area contributed by atoms with Crippen molar-refractivity contribution in [3.05, 3.63) is 60.3 Å². The number of nitrogens with one attached hydrogen (secondary N) is 1. The largest absolute Gasteiger partial charge is 0.342 e. The van der Waals surface area contributed by atoms with Gasteiger partial charge in [-0.2, -0.15) is 0 Å². The summed E-state index contributed by atoms with van der Waals surface area (Å²) in [4.78, 5) is 30.8. The Morgan fingerprint density at radius 1 is 1.14 bits per heavy atom. The van der Waals surface area contributed by atoms with Crippen molar-refractivity contribution in [2.24, 2.45) is 5.92 Å². The molecule has 3 heterocycles. The summed E-state index contributed by atoms with van der Waals surface area (Å²) in [6.07, 6.45) is 2.69. The lowest BCUT2D eigenvalue weighted by Crippen LogP contribution is -2.30. The fourth-order valence-corrected chi connectivity index (χ4v) is 3.87. The van der Waals surface area contributed by atoms with E-state index in [9.17, 15) is 9.59 Å². The minimum absolute atomic E-state index is 0.0162. The first-order valence-electron chi connectivity index (χ1n) is 9.06. The van der Waals surface area contributed by atoms with Gasteiger partial charge in [0.1, 0.15) is 5.69 Å². The molecule has 2 aromatic heterocycles. The normalized spacial score (nSPS) is 16.4. The van der Waals surface area contributed by atoms with Crippen LogP contribution < -0.4 is 5.32 Å². The number of hydrogen-bond donors (Lipinski definition) is 1. The summed E-state index contributed by atoms with van der Waals surface area (Å²) < 4.78 is 0. The van der Waals surface area contributed by atoms with Gasteiger partial charge in [0.15, 0.2) is 5.01 Å². The summed E-state index contributed by atoms with van der Waals surface area (Å²) in [5.74, 6) is -0.549. The number of benzene rings is 1. The van der Waals surface area contributed by atoms with Crippen LogP contribution in [0.3, 0.4) is 0 Å². The van der Waals surface area contributed by atoms with Crippen molar-refractivity contribution >= 4 is 28.3 Å². The molecule has 0 saturated carbocycles. The average Bonchev–Trinajstić information content (AvgIpc) is 3.34. The number of carbonyl (C=O) groups is 2. The summed E-state index contributed by atoms with van der Waals surface area (Å²) in [6, 6.07) is 15.6. The van der Waals surface area contributed by atoms with Crippen molar-refractivity contribution in [3.63, 3.8) is 0 Å². The zero-order chi connectivity index (χ0) is 19.3. The van der Waals surface area contributed by atoms with Gasteiger partial charge in [-0.25, -0.2) is 0 Å². The lowest BCUT2D eigenvalue weighted by Gasteiger charge is -2.16. The first-order chi connectivity index (χ1) is 13.7. The van der Waals surface area contributed by atoms with E-state index in [0.29, 0.717) is 28.9 Å². The molecule has 7 nitrogen and oxygen atoms in total. The SMILES string of the molecule is O=C(Nc1nnc(-c2ccccn2)s1)C1CC(=O)N(CCc2ccccc2)C1. The van der Waals surface area contributed by atoms with E-state index >= 15 is 0 Å². The molecule has 142 valence electrons. The molecule has 0 bridgehead atoms. The van der Waals surface area contributed by atoms with Gasteiger partial charge in [-0.15, -0.1) is 10.2 Å². The van der Waals surface area contributed by atoms with E-state index in [1.807, 2.05) is 48.5 Å². The van der Waals surface area contributed by atoms with Crippen LogP contribution >= 0.6 is 11.3 Å². The molecule has 4 rings (SSSR count). The van der Waals surface area contributed by atoms with Gasteiger partial charge in [0.05, 0.1) is 5.92 Å². The Morgan fingerprint density at radius 2 is 1.96 bits per heavy atom. The van der Waals surface area contributed by atoms with E-state index in [2.05, 4.69) is 20.5 Å². The van der Waals surface area contributed by atoms with Crippen molar-refractivity contribution in [2.45, 2.75) is 12.8 Å². The highest BCUT2D eigenvalue weighted by atomic mass is 32.1. The van der Waals surface area contributed by atoms with Crippen molar-refractivity contribution in [2.75, 3.05) is 18.4 Å². The van der Waals surface area contributed by atoms with Crippen LogP contribution in [0.25, 0.3) is 10.7 Å². The predicted molar refractivity (Wildman–Crippen MR) is 107 cm³/mol. The van der Waals surface area contributed by atoms with Crippen LogP contribution in [0.1, 0.15) is 12.0 Å². The Kier molecular flexibility index (Phi) is 5.38. The molecule has 2 amide bonds. The van der Waals surface area contributed by atoms with Crippen LogP contribution in [-0.4, -0.2) is 45.0 Å². The van der Waals surface area contributed by atoms with Crippen molar-refractivity contribution in [1.82, 2.24) is 20.1 Å². The van der Waals surface area contributed by atoms with E-state index < -0.39 is 0 Å². The number of hydrogen-bond acceptors (Lipinski definition) is 6. The van der Waals surface area contributed by atoms with Gasteiger partial charge in [-0.3, -0.25) is 14.6 Å². The average molecular weight is 393 g/mol. The number of amides is 2. The molecule has 0 spiro atoms. The van der Waals surface area contributed by atoms with Crippen LogP contribution in [-0.2, 0) is 16.0 Å². The molecule has 1 fully saturated rings. The number of carbonyl (C=O) groups excluding carboxylic acids is 2. The highest BCUT2D eigenvalue weighted by Crippen LogP contribution is 2.26. The van der Waals surface area contributed by atoms with Gasteiger partial charge in [0, 0.05) is 25.7 Å². The monoisotopic (exact) mass is 393 g/mol. The third kappa shape index (κ3) is 4.23. The molecule has 1 aromatic carbocycles. The van der Waals surface area contributed by atoms with Crippen LogP contribution in [0.4, 0.5) is 5.13 Å². The van der Waals surface area contributed by atoms with E-state index in [4.69, 9.17) is 0 Å². The number of pyridine rings is 1. The third-order valence-electron chi connectivity index (χ3n) is 4.64. The van der Waals surface area contributed by atoms with E-state index in [-0.39, 0.29) is 24.2 Å². The summed E-state index contributed by atoms with van der Waals surface area (Å²) in [6.45, 7) is 1.05. The number of anilines is 1.